The van der Waals surface area contributed by atoms with Crippen LogP contribution in [0, 0.1) is 34.0 Å². The predicted octanol–water partition coefficient (Wildman–Crippen LogP) is 6.31. The minimum atomic E-state index is -0.783. The number of allylic oxidation sites excluding steroid dienone is 1. The van der Waals surface area contributed by atoms with Gasteiger partial charge in [-0.05, 0) is 29.2 Å². The molecule has 4 heteroatoms. The summed E-state index contributed by atoms with van der Waals surface area (Å²) in [6.07, 6.45) is 16.5. The Bertz CT molecular complexity index is 937. The third-order valence-corrected chi connectivity index (χ3v) is 5.43. The largest absolute Gasteiger partial charge is 0.205 e. The monoisotopic (exact) mass is 411 g/mol. The van der Waals surface area contributed by atoms with Crippen molar-refractivity contribution in [1.82, 2.24) is 0 Å². The van der Waals surface area contributed by atoms with Crippen LogP contribution < -0.4 is 4.57 Å². The third kappa shape index (κ3) is 8.08. The number of pyridine rings is 1. The topological polar surface area (TPSA) is 75.2 Å². The van der Waals surface area contributed by atoms with Crippen molar-refractivity contribution in [2.75, 3.05) is 0 Å². The fourth-order valence-electron chi connectivity index (χ4n) is 3.52. The zero-order chi connectivity index (χ0) is 22.3. The van der Waals surface area contributed by atoms with E-state index < -0.39 is 5.92 Å². The molecule has 0 aliphatic heterocycles. The maximum atomic E-state index is 9.57. The molecule has 0 saturated carbocycles. The minimum Gasteiger partial charge on any atom is -0.205 e. The summed E-state index contributed by atoms with van der Waals surface area (Å²) in [7, 11) is 0. The molecule has 1 aromatic heterocycles. The summed E-state index contributed by atoms with van der Waals surface area (Å²) in [5.74, 6) is -0.783. The van der Waals surface area contributed by atoms with Crippen LogP contribution in [0.3, 0.4) is 0 Å². The quantitative estimate of drug-likeness (QED) is 0.233. The van der Waals surface area contributed by atoms with Crippen LogP contribution in [0.1, 0.15) is 80.9 Å². The molecule has 1 aromatic carbocycles. The van der Waals surface area contributed by atoms with E-state index in [1.807, 2.05) is 30.3 Å². The first-order valence-corrected chi connectivity index (χ1v) is 11.2. The van der Waals surface area contributed by atoms with Gasteiger partial charge in [-0.3, -0.25) is 0 Å². The van der Waals surface area contributed by atoms with Gasteiger partial charge in [0.15, 0.2) is 18.3 Å². The first-order chi connectivity index (χ1) is 15.2. The Balaban J connectivity index is 1.89. The van der Waals surface area contributed by atoms with Gasteiger partial charge in [-0.15, -0.1) is 0 Å². The maximum absolute atomic E-state index is 9.57. The van der Waals surface area contributed by atoms with Crippen LogP contribution in [0.15, 0.2) is 48.8 Å². The van der Waals surface area contributed by atoms with Crippen LogP contribution in [0.25, 0.3) is 11.6 Å². The van der Waals surface area contributed by atoms with E-state index in [9.17, 15) is 5.26 Å². The lowest BCUT2D eigenvalue weighted by atomic mass is 9.98. The van der Waals surface area contributed by atoms with Crippen molar-refractivity contribution in [3.63, 3.8) is 0 Å². The Morgan fingerprint density at radius 3 is 1.97 bits per heavy atom. The van der Waals surface area contributed by atoms with Crippen LogP contribution in [-0.2, 0) is 6.54 Å². The van der Waals surface area contributed by atoms with Gasteiger partial charge < -0.3 is 0 Å². The van der Waals surface area contributed by atoms with Gasteiger partial charge >= 0.3 is 0 Å². The van der Waals surface area contributed by atoms with Crippen LogP contribution in [-0.4, -0.2) is 0 Å². The second kappa shape index (κ2) is 13.7. The fourth-order valence-corrected chi connectivity index (χ4v) is 3.52. The number of unbranched alkanes of at least 4 members (excludes halogenated alkanes) is 7. The number of nitriles is 3. The van der Waals surface area contributed by atoms with Crippen molar-refractivity contribution in [3.05, 3.63) is 65.5 Å². The van der Waals surface area contributed by atoms with Gasteiger partial charge in [0.05, 0.1) is 23.8 Å². The smallest absolute Gasteiger partial charge is 0.169 e. The first kappa shape index (κ1) is 23.9. The summed E-state index contributed by atoms with van der Waals surface area (Å²) < 4.78 is 2.19. The Labute approximate surface area is 186 Å². The second-order valence-corrected chi connectivity index (χ2v) is 7.83. The molecular formula is C27H31N4+. The van der Waals surface area contributed by atoms with E-state index in [1.54, 1.807) is 24.3 Å². The number of nitrogens with zero attached hydrogens (tertiary/aromatic N) is 4. The fraction of sp³-hybridized carbons (Fsp3) is 0.407. The van der Waals surface area contributed by atoms with Crippen LogP contribution >= 0.6 is 0 Å². The molecular weight excluding hydrogens is 380 g/mol. The SMILES string of the molecule is CCCCCCCCCC[n+]1ccc(/C=C(\C#N)c2ccc(C(C#N)C#N)cc2)cc1. The standard InChI is InChI=1S/C27H31N4/c1-2-3-4-5-6-7-8-9-16-31-17-14-23(15-18-31)19-26(20-28)24-10-12-25(13-11-24)27(21-29)22-30/h10-15,17-19,27H,2-9,16H2,1H3/q+1/b26-19+. The Morgan fingerprint density at radius 2 is 1.42 bits per heavy atom. The van der Waals surface area contributed by atoms with Gasteiger partial charge in [0.1, 0.15) is 6.54 Å². The van der Waals surface area contributed by atoms with E-state index in [0.717, 1.165) is 17.7 Å². The molecule has 31 heavy (non-hydrogen) atoms. The summed E-state index contributed by atoms with van der Waals surface area (Å²) in [4.78, 5) is 0. The molecule has 4 nitrogen and oxygen atoms in total. The summed E-state index contributed by atoms with van der Waals surface area (Å²) in [5.41, 5.74) is 2.95. The molecule has 2 aromatic rings. The van der Waals surface area contributed by atoms with Crippen LogP contribution in [0.5, 0.6) is 0 Å². The lowest BCUT2D eigenvalue weighted by Gasteiger charge is -2.04. The summed E-state index contributed by atoms with van der Waals surface area (Å²) in [6.45, 7) is 3.27. The molecule has 0 fully saturated rings. The number of aryl methyl sites for hydroxylation is 1. The van der Waals surface area contributed by atoms with Crippen molar-refractivity contribution in [3.8, 4) is 18.2 Å². The normalized spacial score (nSPS) is 11.0. The van der Waals surface area contributed by atoms with E-state index in [2.05, 4.69) is 30.0 Å². The average Bonchev–Trinajstić information content (AvgIpc) is 2.81. The molecule has 0 bridgehead atoms. The molecule has 0 radical (unpaired) electrons. The molecule has 0 aliphatic carbocycles. The summed E-state index contributed by atoms with van der Waals surface area (Å²) in [6, 6.07) is 17.3. The molecule has 0 saturated heterocycles. The predicted molar refractivity (Wildman–Crippen MR) is 123 cm³/mol. The Morgan fingerprint density at radius 1 is 0.839 bits per heavy atom. The minimum absolute atomic E-state index is 0.554. The second-order valence-electron chi connectivity index (χ2n) is 7.83. The highest BCUT2D eigenvalue weighted by molar-refractivity contribution is 5.89. The van der Waals surface area contributed by atoms with Gasteiger partial charge in [0, 0.05) is 18.6 Å². The molecule has 0 atom stereocenters. The molecule has 2 rings (SSSR count). The highest BCUT2D eigenvalue weighted by Gasteiger charge is 2.10. The molecule has 0 amide bonds. The van der Waals surface area contributed by atoms with Crippen molar-refractivity contribution >= 4 is 11.6 Å². The molecule has 0 N–H and O–H groups in total. The van der Waals surface area contributed by atoms with Gasteiger partial charge in [-0.1, -0.05) is 69.7 Å². The van der Waals surface area contributed by atoms with Crippen molar-refractivity contribution in [2.45, 2.75) is 70.8 Å². The number of aromatic nitrogens is 1. The van der Waals surface area contributed by atoms with Gasteiger partial charge in [-0.25, -0.2) is 4.57 Å². The van der Waals surface area contributed by atoms with Gasteiger partial charge in [-0.2, -0.15) is 15.8 Å². The van der Waals surface area contributed by atoms with E-state index >= 15 is 0 Å². The lowest BCUT2D eigenvalue weighted by Crippen LogP contribution is -2.32. The average molecular weight is 412 g/mol. The maximum Gasteiger partial charge on any atom is 0.169 e. The van der Waals surface area contributed by atoms with Crippen molar-refractivity contribution in [1.29, 1.82) is 15.8 Å². The van der Waals surface area contributed by atoms with E-state index in [-0.39, 0.29) is 0 Å². The summed E-state index contributed by atoms with van der Waals surface area (Å²) >= 11 is 0. The zero-order valence-electron chi connectivity index (χ0n) is 18.4. The van der Waals surface area contributed by atoms with Crippen molar-refractivity contribution in [2.24, 2.45) is 0 Å². The summed E-state index contributed by atoms with van der Waals surface area (Å²) in [5, 5.41) is 27.6. The lowest BCUT2D eigenvalue weighted by molar-refractivity contribution is -0.697. The van der Waals surface area contributed by atoms with Gasteiger partial charge in [0.2, 0.25) is 0 Å². The zero-order valence-corrected chi connectivity index (χ0v) is 18.4. The van der Waals surface area contributed by atoms with Crippen LogP contribution in [0.2, 0.25) is 0 Å². The van der Waals surface area contributed by atoms with E-state index in [1.165, 1.54) is 51.4 Å². The molecule has 1 heterocycles. The van der Waals surface area contributed by atoms with Gasteiger partial charge in [0.25, 0.3) is 0 Å². The Hall–Kier alpha value is -3.42. The number of rotatable bonds is 12. The van der Waals surface area contributed by atoms with E-state index in [4.69, 9.17) is 10.5 Å². The number of benzene rings is 1. The number of hydrogen-bond donors (Lipinski definition) is 0. The van der Waals surface area contributed by atoms with E-state index in [0.29, 0.717) is 11.1 Å². The molecule has 0 unspecified atom stereocenters. The molecule has 0 spiro atoms. The highest BCUT2D eigenvalue weighted by Crippen LogP contribution is 2.21. The van der Waals surface area contributed by atoms with Crippen molar-refractivity contribution < 1.29 is 4.57 Å². The first-order valence-electron chi connectivity index (χ1n) is 11.2. The number of hydrogen-bond acceptors (Lipinski definition) is 3. The molecule has 0 aliphatic rings. The molecule has 158 valence electrons. The Kier molecular flexibility index (Phi) is 10.6. The third-order valence-electron chi connectivity index (χ3n) is 5.43. The van der Waals surface area contributed by atoms with Crippen LogP contribution in [0.4, 0.5) is 0 Å². The highest BCUT2D eigenvalue weighted by atomic mass is 14.9.